The van der Waals surface area contributed by atoms with E-state index in [2.05, 4.69) is 4.72 Å². The van der Waals surface area contributed by atoms with Gasteiger partial charge in [-0.25, -0.2) is 13.1 Å². The topological polar surface area (TPSA) is 46.2 Å². The minimum atomic E-state index is -3.09. The number of halogens is 1. The smallest absolute Gasteiger partial charge is 0.211 e. The fraction of sp³-hybridized carbons (Fsp3) is 1.00. The molecule has 0 aliphatic rings. The van der Waals surface area contributed by atoms with Gasteiger partial charge < -0.3 is 0 Å². The minimum absolute atomic E-state index is 0.122. The van der Waals surface area contributed by atoms with Gasteiger partial charge in [-0.05, 0) is 12.8 Å². The molecule has 0 heterocycles. The number of sulfonamides is 1. The molecule has 74 valence electrons. The largest absolute Gasteiger partial charge is 0.212 e. The molecule has 0 rings (SSSR count). The molecule has 0 amide bonds. The van der Waals surface area contributed by atoms with Crippen LogP contribution in [0.1, 0.15) is 26.7 Å². The van der Waals surface area contributed by atoms with Gasteiger partial charge in [-0.15, -0.1) is 11.6 Å². The lowest BCUT2D eigenvalue weighted by atomic mass is 10.3. The Morgan fingerprint density at radius 3 is 2.33 bits per heavy atom. The third-order valence-corrected chi connectivity index (χ3v) is 3.51. The summed E-state index contributed by atoms with van der Waals surface area (Å²) in [5.74, 6) is 0.514. The fourth-order valence-electron chi connectivity index (χ4n) is 0.806. The van der Waals surface area contributed by atoms with Crippen molar-refractivity contribution in [2.45, 2.75) is 32.7 Å². The standard InChI is InChI=1S/C7H16ClNO2S/c1-3-5-12(10,11)9-7(4-2)6-8/h7,9H,3-6H2,1-2H3. The number of rotatable bonds is 6. The van der Waals surface area contributed by atoms with Crippen molar-refractivity contribution in [3.63, 3.8) is 0 Å². The molecule has 3 nitrogen and oxygen atoms in total. The number of nitrogens with one attached hydrogen (secondary N) is 1. The minimum Gasteiger partial charge on any atom is -0.212 e. The van der Waals surface area contributed by atoms with Crippen molar-refractivity contribution >= 4 is 21.6 Å². The third kappa shape index (κ3) is 4.95. The molecule has 0 aliphatic heterocycles. The fourth-order valence-corrected chi connectivity index (χ4v) is 2.61. The molecule has 0 aromatic rings. The molecule has 0 aromatic carbocycles. The van der Waals surface area contributed by atoms with Crippen LogP contribution in [-0.4, -0.2) is 26.1 Å². The zero-order valence-corrected chi connectivity index (χ0v) is 9.08. The Morgan fingerprint density at radius 2 is 2.00 bits per heavy atom. The van der Waals surface area contributed by atoms with Gasteiger partial charge in [0.05, 0.1) is 5.75 Å². The van der Waals surface area contributed by atoms with Crippen LogP contribution in [0.5, 0.6) is 0 Å². The SMILES string of the molecule is CCCS(=O)(=O)NC(CC)CCl. The van der Waals surface area contributed by atoms with Gasteiger partial charge in [0.25, 0.3) is 0 Å². The molecule has 0 fully saturated rings. The van der Waals surface area contributed by atoms with Gasteiger partial charge in [0, 0.05) is 11.9 Å². The van der Waals surface area contributed by atoms with Crippen LogP contribution in [0.15, 0.2) is 0 Å². The second-order valence-corrected chi connectivity index (χ2v) is 4.88. The summed E-state index contributed by atoms with van der Waals surface area (Å²) in [4.78, 5) is 0. The second-order valence-electron chi connectivity index (χ2n) is 2.70. The average Bonchev–Trinajstić information content (AvgIpc) is 2.00. The maximum Gasteiger partial charge on any atom is 0.211 e. The van der Waals surface area contributed by atoms with E-state index >= 15 is 0 Å². The molecule has 0 radical (unpaired) electrons. The summed E-state index contributed by atoms with van der Waals surface area (Å²) in [5.41, 5.74) is 0. The first-order chi connectivity index (χ1) is 5.55. The summed E-state index contributed by atoms with van der Waals surface area (Å²) in [6.07, 6.45) is 1.36. The van der Waals surface area contributed by atoms with Crippen LogP contribution < -0.4 is 4.72 Å². The highest BCUT2D eigenvalue weighted by atomic mass is 35.5. The van der Waals surface area contributed by atoms with E-state index in [9.17, 15) is 8.42 Å². The predicted octanol–water partition coefficient (Wildman–Crippen LogP) is 1.33. The molecule has 12 heavy (non-hydrogen) atoms. The van der Waals surface area contributed by atoms with Crippen LogP contribution in [0.4, 0.5) is 0 Å². The first-order valence-electron chi connectivity index (χ1n) is 4.11. The second kappa shape index (κ2) is 5.78. The van der Waals surface area contributed by atoms with Crippen molar-refractivity contribution in [3.05, 3.63) is 0 Å². The first kappa shape index (κ1) is 12.2. The van der Waals surface area contributed by atoms with Crippen molar-refractivity contribution in [2.24, 2.45) is 0 Å². The average molecular weight is 214 g/mol. The van der Waals surface area contributed by atoms with Crippen LogP contribution >= 0.6 is 11.6 Å². The Labute approximate surface area is 79.5 Å². The van der Waals surface area contributed by atoms with Gasteiger partial charge in [-0.2, -0.15) is 0 Å². The maximum atomic E-state index is 11.2. The van der Waals surface area contributed by atoms with Gasteiger partial charge in [-0.1, -0.05) is 13.8 Å². The summed E-state index contributed by atoms with van der Waals surface area (Å²) >= 11 is 5.55. The van der Waals surface area contributed by atoms with Gasteiger partial charge >= 0.3 is 0 Å². The Bertz CT molecular complexity index is 199. The molecule has 0 bridgehead atoms. The van der Waals surface area contributed by atoms with Gasteiger partial charge in [0.15, 0.2) is 0 Å². The molecular formula is C7H16ClNO2S. The van der Waals surface area contributed by atoms with E-state index in [-0.39, 0.29) is 11.8 Å². The number of hydrogen-bond donors (Lipinski definition) is 1. The van der Waals surface area contributed by atoms with Gasteiger partial charge in [0.2, 0.25) is 10.0 Å². The van der Waals surface area contributed by atoms with Crippen molar-refractivity contribution in [3.8, 4) is 0 Å². The van der Waals surface area contributed by atoms with E-state index in [1.807, 2.05) is 13.8 Å². The van der Waals surface area contributed by atoms with E-state index in [1.54, 1.807) is 0 Å². The normalized spacial score (nSPS) is 14.6. The molecule has 1 atom stereocenters. The first-order valence-corrected chi connectivity index (χ1v) is 6.30. The highest BCUT2D eigenvalue weighted by molar-refractivity contribution is 7.89. The summed E-state index contributed by atoms with van der Waals surface area (Å²) in [7, 11) is -3.09. The molecule has 0 spiro atoms. The van der Waals surface area contributed by atoms with Crippen LogP contribution in [-0.2, 0) is 10.0 Å². The lowest BCUT2D eigenvalue weighted by molar-refractivity contribution is 0.556. The molecular weight excluding hydrogens is 198 g/mol. The molecule has 1 N–H and O–H groups in total. The Kier molecular flexibility index (Phi) is 5.88. The Morgan fingerprint density at radius 1 is 1.42 bits per heavy atom. The maximum absolute atomic E-state index is 11.2. The molecule has 5 heteroatoms. The van der Waals surface area contributed by atoms with Crippen LogP contribution in [0.2, 0.25) is 0 Å². The molecule has 0 saturated carbocycles. The molecule has 0 aliphatic carbocycles. The number of hydrogen-bond acceptors (Lipinski definition) is 2. The summed E-state index contributed by atoms with van der Waals surface area (Å²) < 4.78 is 24.9. The zero-order chi connectivity index (χ0) is 9.61. The lowest BCUT2D eigenvalue weighted by Gasteiger charge is -2.13. The van der Waals surface area contributed by atoms with Gasteiger partial charge in [-0.3, -0.25) is 0 Å². The number of alkyl halides is 1. The Balaban J connectivity index is 4.03. The molecule has 0 aromatic heterocycles. The third-order valence-electron chi connectivity index (χ3n) is 1.50. The van der Waals surface area contributed by atoms with Crippen molar-refractivity contribution < 1.29 is 8.42 Å². The van der Waals surface area contributed by atoms with E-state index in [0.29, 0.717) is 12.3 Å². The van der Waals surface area contributed by atoms with Crippen molar-refractivity contribution in [1.29, 1.82) is 0 Å². The molecule has 1 unspecified atom stereocenters. The summed E-state index contributed by atoms with van der Waals surface area (Å²) in [6.45, 7) is 3.74. The zero-order valence-electron chi connectivity index (χ0n) is 7.51. The summed E-state index contributed by atoms with van der Waals surface area (Å²) in [6, 6.07) is -0.122. The van der Waals surface area contributed by atoms with Crippen LogP contribution in [0.3, 0.4) is 0 Å². The van der Waals surface area contributed by atoms with E-state index in [4.69, 9.17) is 11.6 Å². The van der Waals surface area contributed by atoms with Crippen LogP contribution in [0.25, 0.3) is 0 Å². The highest BCUT2D eigenvalue weighted by Gasteiger charge is 2.13. The predicted molar refractivity (Wildman–Crippen MR) is 52.0 cm³/mol. The van der Waals surface area contributed by atoms with Crippen molar-refractivity contribution in [2.75, 3.05) is 11.6 Å². The van der Waals surface area contributed by atoms with Gasteiger partial charge in [0.1, 0.15) is 0 Å². The van der Waals surface area contributed by atoms with E-state index in [1.165, 1.54) is 0 Å². The highest BCUT2D eigenvalue weighted by Crippen LogP contribution is 1.98. The van der Waals surface area contributed by atoms with Crippen molar-refractivity contribution in [1.82, 2.24) is 4.72 Å². The monoisotopic (exact) mass is 213 g/mol. The molecule has 0 saturated heterocycles. The lowest BCUT2D eigenvalue weighted by Crippen LogP contribution is -2.36. The quantitative estimate of drug-likeness (QED) is 0.677. The summed E-state index contributed by atoms with van der Waals surface area (Å²) in [5, 5.41) is 0. The van der Waals surface area contributed by atoms with Crippen LogP contribution in [0, 0.1) is 0 Å². The Hall–Kier alpha value is 0.200. The van der Waals surface area contributed by atoms with E-state index in [0.717, 1.165) is 6.42 Å². The van der Waals surface area contributed by atoms with E-state index < -0.39 is 10.0 Å².